The molecule has 0 spiro atoms. The van der Waals surface area contributed by atoms with E-state index in [0.717, 1.165) is 50.2 Å². The zero-order chi connectivity index (χ0) is 35.7. The van der Waals surface area contributed by atoms with Gasteiger partial charge in [0.2, 0.25) is 0 Å². The summed E-state index contributed by atoms with van der Waals surface area (Å²) in [5, 5.41) is 0. The van der Waals surface area contributed by atoms with Gasteiger partial charge in [0.15, 0.2) is 6.10 Å². The second-order valence-corrected chi connectivity index (χ2v) is 15.1. The van der Waals surface area contributed by atoms with E-state index in [2.05, 4.69) is 38.1 Å². The quantitative estimate of drug-likeness (QED) is 0.0923. The van der Waals surface area contributed by atoms with Crippen LogP contribution in [0.15, 0.2) is 78.9 Å². The van der Waals surface area contributed by atoms with Crippen molar-refractivity contribution in [3.63, 3.8) is 0 Å². The van der Waals surface area contributed by atoms with E-state index in [4.69, 9.17) is 14.2 Å². The Hall–Kier alpha value is -3.44. The smallest absolute Gasteiger partial charge is 0.338 e. The fraction of sp³-hybridized carbons (Fsp3) is 0.565. The summed E-state index contributed by atoms with van der Waals surface area (Å²) in [5.74, 6) is 1.09. The van der Waals surface area contributed by atoms with Crippen molar-refractivity contribution in [2.24, 2.45) is 5.92 Å². The van der Waals surface area contributed by atoms with Gasteiger partial charge in [-0.3, -0.25) is 0 Å². The molecule has 0 N–H and O–H groups in total. The molecule has 0 aliphatic heterocycles. The van der Waals surface area contributed by atoms with E-state index < -0.39 is 18.0 Å². The lowest BCUT2D eigenvalue weighted by Gasteiger charge is -2.29. The summed E-state index contributed by atoms with van der Waals surface area (Å²) in [7, 11) is 0. The molecule has 5 rings (SSSR count). The second-order valence-electron chi connectivity index (χ2n) is 15.1. The summed E-state index contributed by atoms with van der Waals surface area (Å²) in [6.45, 7) is 5.33. The zero-order valence-electron chi connectivity index (χ0n) is 31.4. The highest BCUT2D eigenvalue weighted by molar-refractivity contribution is 5.90. The summed E-state index contributed by atoms with van der Waals surface area (Å²) in [4.78, 5) is 26.5. The van der Waals surface area contributed by atoms with E-state index in [9.17, 15) is 9.59 Å². The van der Waals surface area contributed by atoms with Crippen LogP contribution in [0.5, 0.6) is 0 Å². The maximum Gasteiger partial charge on any atom is 0.338 e. The molecule has 1 atom stereocenters. The number of hydrogen-bond donors (Lipinski definition) is 0. The molecule has 0 bridgehead atoms. The lowest BCUT2D eigenvalue weighted by Crippen LogP contribution is -2.21. The highest BCUT2D eigenvalue weighted by Gasteiger charge is 2.25. The molecule has 2 saturated carbocycles. The molecule has 0 saturated heterocycles. The van der Waals surface area contributed by atoms with Gasteiger partial charge >= 0.3 is 11.9 Å². The topological polar surface area (TPSA) is 61.8 Å². The molecule has 2 fully saturated rings. The van der Waals surface area contributed by atoms with Crippen molar-refractivity contribution >= 4 is 11.9 Å². The SMILES string of the molecule is CCCCCCOC1CCC(c2ccc(C(=O)OCC(OC(=O)c3ccc(C4CCC(CCCCCC)CC4)cc3)c3ccccc3)cc2)CC1. The van der Waals surface area contributed by atoms with Crippen LogP contribution in [0.4, 0.5) is 0 Å². The van der Waals surface area contributed by atoms with Crippen LogP contribution in [-0.2, 0) is 14.2 Å². The Morgan fingerprint density at radius 3 is 1.75 bits per heavy atom. The third-order valence-electron chi connectivity index (χ3n) is 11.4. The van der Waals surface area contributed by atoms with Gasteiger partial charge in [0.25, 0.3) is 0 Å². The van der Waals surface area contributed by atoms with Crippen LogP contribution in [0.2, 0.25) is 0 Å². The lowest BCUT2D eigenvalue weighted by atomic mass is 9.77. The number of rotatable bonds is 19. The largest absolute Gasteiger partial charge is 0.458 e. The van der Waals surface area contributed by atoms with Crippen molar-refractivity contribution in [1.29, 1.82) is 0 Å². The minimum absolute atomic E-state index is 0.0570. The first-order valence-corrected chi connectivity index (χ1v) is 20.3. The van der Waals surface area contributed by atoms with E-state index in [1.807, 2.05) is 54.6 Å². The minimum Gasteiger partial charge on any atom is -0.458 e. The molecule has 0 amide bonds. The van der Waals surface area contributed by atoms with Gasteiger partial charge in [0.1, 0.15) is 6.61 Å². The van der Waals surface area contributed by atoms with Crippen LogP contribution in [0.1, 0.15) is 178 Å². The average molecular weight is 695 g/mol. The summed E-state index contributed by atoms with van der Waals surface area (Å²) in [6, 6.07) is 25.3. The minimum atomic E-state index is -0.710. The molecule has 3 aromatic rings. The van der Waals surface area contributed by atoms with Gasteiger partial charge in [-0.05, 0) is 116 Å². The highest BCUT2D eigenvalue weighted by Crippen LogP contribution is 2.38. The van der Waals surface area contributed by atoms with E-state index >= 15 is 0 Å². The molecule has 2 aliphatic carbocycles. The van der Waals surface area contributed by atoms with Crippen molar-refractivity contribution in [2.75, 3.05) is 13.2 Å². The highest BCUT2D eigenvalue weighted by atomic mass is 16.6. The summed E-state index contributed by atoms with van der Waals surface area (Å²) in [6.07, 6.45) is 20.8. The zero-order valence-corrected chi connectivity index (χ0v) is 31.4. The molecule has 0 heterocycles. The van der Waals surface area contributed by atoms with Crippen LogP contribution in [0.25, 0.3) is 0 Å². The number of carbonyl (C=O) groups is 2. The molecule has 1 unspecified atom stereocenters. The Morgan fingerprint density at radius 1 is 0.608 bits per heavy atom. The van der Waals surface area contributed by atoms with Gasteiger partial charge in [0, 0.05) is 6.61 Å². The molecular formula is C46H62O5. The maximum atomic E-state index is 13.3. The summed E-state index contributed by atoms with van der Waals surface area (Å²) in [5.41, 5.74) is 4.38. The standard InChI is InChI=1S/C46H62O5/c1-3-5-7-10-14-35-17-19-36(20-18-35)37-23-27-42(28-24-37)46(48)51-44(40-15-11-9-12-16-40)34-50-45(47)41-25-21-38(22-26-41)39-29-31-43(32-30-39)49-33-13-8-6-4-2/h9,11-12,15-16,21-28,35-36,39,43-44H,3-8,10,13-14,17-20,29-34H2,1-2H3. The van der Waals surface area contributed by atoms with Gasteiger partial charge < -0.3 is 14.2 Å². The van der Waals surface area contributed by atoms with Gasteiger partial charge in [-0.25, -0.2) is 9.59 Å². The molecule has 51 heavy (non-hydrogen) atoms. The number of carbonyl (C=O) groups excluding carboxylic acids is 2. The van der Waals surface area contributed by atoms with E-state index in [1.54, 1.807) is 0 Å². The Kier molecular flexibility index (Phi) is 16.1. The Balaban J connectivity index is 1.09. The number of unbranched alkanes of at least 4 members (excludes halogenated alkanes) is 6. The van der Waals surface area contributed by atoms with Gasteiger partial charge in [-0.15, -0.1) is 0 Å². The Bertz CT molecular complexity index is 1420. The van der Waals surface area contributed by atoms with E-state index in [1.165, 1.54) is 88.2 Å². The first-order valence-electron chi connectivity index (χ1n) is 20.3. The van der Waals surface area contributed by atoms with Crippen LogP contribution >= 0.6 is 0 Å². The fourth-order valence-corrected chi connectivity index (χ4v) is 8.07. The van der Waals surface area contributed by atoms with Crippen LogP contribution < -0.4 is 0 Å². The van der Waals surface area contributed by atoms with E-state index in [0.29, 0.717) is 29.1 Å². The van der Waals surface area contributed by atoms with Crippen molar-refractivity contribution in [1.82, 2.24) is 0 Å². The Morgan fingerprint density at radius 2 is 1.16 bits per heavy atom. The number of esters is 2. The molecular weight excluding hydrogens is 633 g/mol. The van der Waals surface area contributed by atoms with Gasteiger partial charge in [-0.2, -0.15) is 0 Å². The van der Waals surface area contributed by atoms with E-state index in [-0.39, 0.29) is 6.61 Å². The molecule has 0 radical (unpaired) electrons. The van der Waals surface area contributed by atoms with Crippen molar-refractivity contribution in [2.45, 2.75) is 147 Å². The average Bonchev–Trinajstić information content (AvgIpc) is 3.19. The van der Waals surface area contributed by atoms with Crippen molar-refractivity contribution in [3.05, 3.63) is 107 Å². The molecule has 5 heteroatoms. The second kappa shape index (κ2) is 21.2. The third-order valence-corrected chi connectivity index (χ3v) is 11.4. The van der Waals surface area contributed by atoms with Gasteiger partial charge in [0.05, 0.1) is 17.2 Å². The van der Waals surface area contributed by atoms with Crippen LogP contribution in [-0.4, -0.2) is 31.3 Å². The number of benzene rings is 3. The monoisotopic (exact) mass is 694 g/mol. The fourth-order valence-electron chi connectivity index (χ4n) is 8.07. The first kappa shape index (κ1) is 38.8. The number of ether oxygens (including phenoxy) is 3. The normalized spacial score (nSPS) is 21.1. The summed E-state index contributed by atoms with van der Waals surface area (Å²) < 4.78 is 17.9. The van der Waals surface area contributed by atoms with Crippen molar-refractivity contribution < 1.29 is 23.8 Å². The predicted molar refractivity (Wildman–Crippen MR) is 206 cm³/mol. The van der Waals surface area contributed by atoms with Crippen LogP contribution in [0, 0.1) is 5.92 Å². The molecule has 5 nitrogen and oxygen atoms in total. The maximum absolute atomic E-state index is 13.3. The van der Waals surface area contributed by atoms with Crippen LogP contribution in [0.3, 0.4) is 0 Å². The molecule has 2 aliphatic rings. The first-order chi connectivity index (χ1) is 25.0. The molecule has 3 aromatic carbocycles. The Labute approximate surface area is 307 Å². The number of hydrogen-bond acceptors (Lipinski definition) is 5. The molecule has 276 valence electrons. The van der Waals surface area contributed by atoms with Gasteiger partial charge in [-0.1, -0.05) is 120 Å². The van der Waals surface area contributed by atoms with Crippen molar-refractivity contribution in [3.8, 4) is 0 Å². The third kappa shape index (κ3) is 12.3. The summed E-state index contributed by atoms with van der Waals surface area (Å²) >= 11 is 0. The lowest BCUT2D eigenvalue weighted by molar-refractivity contribution is -0.00134. The molecule has 0 aromatic heterocycles. The predicted octanol–water partition coefficient (Wildman–Crippen LogP) is 12.3.